The van der Waals surface area contributed by atoms with Crippen molar-refractivity contribution in [2.24, 2.45) is 5.10 Å². The number of rotatable bonds is 10. The van der Waals surface area contributed by atoms with Crippen molar-refractivity contribution in [3.05, 3.63) is 76.8 Å². The lowest BCUT2D eigenvalue weighted by atomic mass is 10.2. The molecule has 1 amide bonds. The number of esters is 1. The van der Waals surface area contributed by atoms with E-state index >= 15 is 0 Å². The topological polar surface area (TPSA) is 105 Å². The zero-order valence-electron chi connectivity index (χ0n) is 19.2. The maximum Gasteiger partial charge on any atom is 0.343 e. The third-order valence-corrected chi connectivity index (χ3v) is 4.83. The predicted molar refractivity (Wildman–Crippen MR) is 130 cm³/mol. The third-order valence-electron chi connectivity index (χ3n) is 4.58. The zero-order chi connectivity index (χ0) is 25.2. The molecule has 0 aliphatic rings. The maximum atomic E-state index is 12.6. The minimum absolute atomic E-state index is 0.200. The Hall–Kier alpha value is -4.24. The molecule has 0 saturated heterocycles. The molecule has 0 aliphatic carbocycles. The van der Waals surface area contributed by atoms with E-state index in [0.29, 0.717) is 39.3 Å². The molecule has 0 bridgehead atoms. The van der Waals surface area contributed by atoms with Crippen LogP contribution in [0.3, 0.4) is 0 Å². The smallest absolute Gasteiger partial charge is 0.343 e. The Kier molecular flexibility index (Phi) is 8.91. The molecular formula is C25H23ClN2O7. The molecule has 1 N–H and O–H groups in total. The first-order valence-electron chi connectivity index (χ1n) is 10.3. The number of hydrogen-bond acceptors (Lipinski definition) is 8. The Morgan fingerprint density at radius 2 is 1.49 bits per heavy atom. The van der Waals surface area contributed by atoms with Gasteiger partial charge in [-0.05, 0) is 66.2 Å². The number of nitrogens with zero attached hydrogens (tertiary/aromatic N) is 1. The number of benzene rings is 3. The van der Waals surface area contributed by atoms with Crippen molar-refractivity contribution in [2.75, 3.05) is 27.9 Å². The van der Waals surface area contributed by atoms with Gasteiger partial charge >= 0.3 is 5.97 Å². The lowest BCUT2D eigenvalue weighted by molar-refractivity contribution is -0.123. The van der Waals surface area contributed by atoms with Crippen molar-refractivity contribution < 1.29 is 33.3 Å². The monoisotopic (exact) mass is 498 g/mol. The van der Waals surface area contributed by atoms with Gasteiger partial charge in [0.2, 0.25) is 5.75 Å². The Balaban J connectivity index is 1.54. The first kappa shape index (κ1) is 25.4. The van der Waals surface area contributed by atoms with Crippen LogP contribution in [0.4, 0.5) is 0 Å². The van der Waals surface area contributed by atoms with E-state index in [1.165, 1.54) is 39.7 Å². The van der Waals surface area contributed by atoms with Gasteiger partial charge in [-0.1, -0.05) is 11.6 Å². The second kappa shape index (κ2) is 12.3. The summed E-state index contributed by atoms with van der Waals surface area (Å²) in [5.41, 5.74) is 3.28. The Labute approximate surface area is 207 Å². The molecule has 0 atom stereocenters. The fraction of sp³-hybridized carbons (Fsp3) is 0.160. The summed E-state index contributed by atoms with van der Waals surface area (Å²) in [5.74, 6) is 0.869. The molecule has 9 nitrogen and oxygen atoms in total. The van der Waals surface area contributed by atoms with Gasteiger partial charge in [0, 0.05) is 5.02 Å². The highest BCUT2D eigenvalue weighted by molar-refractivity contribution is 6.30. The molecule has 10 heteroatoms. The van der Waals surface area contributed by atoms with Gasteiger partial charge in [-0.15, -0.1) is 0 Å². The zero-order valence-corrected chi connectivity index (χ0v) is 20.0. The highest BCUT2D eigenvalue weighted by Gasteiger charge is 2.18. The second-order valence-electron chi connectivity index (χ2n) is 6.91. The summed E-state index contributed by atoms with van der Waals surface area (Å²) >= 11 is 5.80. The van der Waals surface area contributed by atoms with Gasteiger partial charge < -0.3 is 23.7 Å². The normalized spacial score (nSPS) is 10.5. The van der Waals surface area contributed by atoms with Crippen LogP contribution in [0.25, 0.3) is 0 Å². The van der Waals surface area contributed by atoms with E-state index in [9.17, 15) is 9.59 Å². The van der Waals surface area contributed by atoms with Gasteiger partial charge in [-0.25, -0.2) is 10.2 Å². The maximum absolute atomic E-state index is 12.6. The molecular weight excluding hydrogens is 476 g/mol. The van der Waals surface area contributed by atoms with Gasteiger partial charge in [0.15, 0.2) is 18.1 Å². The number of amides is 1. The predicted octanol–water partition coefficient (Wildman–Crippen LogP) is 4.11. The number of ether oxygens (including phenoxy) is 5. The summed E-state index contributed by atoms with van der Waals surface area (Å²) in [6.45, 7) is -0.200. The standard InChI is InChI=1S/C25H23ClN2O7/c1-31-21-12-17(13-22(32-2)24(21)33-3)25(30)35-20-8-4-16(5-9-20)14-27-28-23(29)15-34-19-10-6-18(26)7-11-19/h4-14H,15H2,1-3H3,(H,28,29)/b27-14-. The van der Waals surface area contributed by atoms with Crippen molar-refractivity contribution in [1.29, 1.82) is 0 Å². The third kappa shape index (κ3) is 7.12. The number of carbonyl (C=O) groups excluding carboxylic acids is 2. The van der Waals surface area contributed by atoms with Gasteiger partial charge in [0.1, 0.15) is 11.5 Å². The van der Waals surface area contributed by atoms with E-state index in [2.05, 4.69) is 10.5 Å². The van der Waals surface area contributed by atoms with Crippen LogP contribution < -0.4 is 29.1 Å². The van der Waals surface area contributed by atoms with Crippen LogP contribution in [0.2, 0.25) is 5.02 Å². The van der Waals surface area contributed by atoms with Crippen molar-refractivity contribution in [1.82, 2.24) is 5.43 Å². The van der Waals surface area contributed by atoms with Crippen molar-refractivity contribution in [3.8, 4) is 28.7 Å². The molecule has 182 valence electrons. The molecule has 3 aromatic carbocycles. The molecule has 0 spiro atoms. The fourth-order valence-corrected chi connectivity index (χ4v) is 3.00. The number of hydrogen-bond donors (Lipinski definition) is 1. The van der Waals surface area contributed by atoms with E-state index in [4.69, 9.17) is 35.3 Å². The molecule has 0 aromatic heterocycles. The van der Waals surface area contributed by atoms with E-state index < -0.39 is 11.9 Å². The van der Waals surface area contributed by atoms with E-state index in [0.717, 1.165) is 0 Å². The van der Waals surface area contributed by atoms with Gasteiger partial charge in [0.05, 0.1) is 33.1 Å². The minimum Gasteiger partial charge on any atom is -0.493 e. The number of methoxy groups -OCH3 is 3. The fourth-order valence-electron chi connectivity index (χ4n) is 2.88. The Morgan fingerprint density at radius 3 is 2.06 bits per heavy atom. The molecule has 0 saturated carbocycles. The largest absolute Gasteiger partial charge is 0.493 e. The van der Waals surface area contributed by atoms with Crippen LogP contribution in [0.15, 0.2) is 65.8 Å². The number of hydrazone groups is 1. The summed E-state index contributed by atoms with van der Waals surface area (Å²) in [5, 5.41) is 4.46. The second-order valence-corrected chi connectivity index (χ2v) is 7.34. The van der Waals surface area contributed by atoms with Crippen molar-refractivity contribution in [2.45, 2.75) is 0 Å². The highest BCUT2D eigenvalue weighted by Crippen LogP contribution is 2.38. The molecule has 0 radical (unpaired) electrons. The molecule has 3 rings (SSSR count). The Bertz CT molecular complexity index is 1170. The summed E-state index contributed by atoms with van der Waals surface area (Å²) in [6, 6.07) is 16.2. The number of carbonyl (C=O) groups is 2. The first-order chi connectivity index (χ1) is 16.9. The lowest BCUT2D eigenvalue weighted by Crippen LogP contribution is -2.24. The van der Waals surface area contributed by atoms with Crippen LogP contribution >= 0.6 is 11.6 Å². The molecule has 0 aliphatic heterocycles. The summed E-state index contributed by atoms with van der Waals surface area (Å²) in [7, 11) is 4.40. The van der Waals surface area contributed by atoms with Crippen LogP contribution in [0.1, 0.15) is 15.9 Å². The molecule has 0 heterocycles. The summed E-state index contributed by atoms with van der Waals surface area (Å²) in [4.78, 5) is 24.5. The summed E-state index contributed by atoms with van der Waals surface area (Å²) < 4.78 is 26.5. The number of halogens is 1. The Morgan fingerprint density at radius 1 is 0.886 bits per heavy atom. The average Bonchev–Trinajstić information content (AvgIpc) is 2.88. The van der Waals surface area contributed by atoms with Gasteiger partial charge in [-0.3, -0.25) is 4.79 Å². The minimum atomic E-state index is -0.598. The van der Waals surface area contributed by atoms with Crippen LogP contribution in [0.5, 0.6) is 28.7 Å². The van der Waals surface area contributed by atoms with Crippen molar-refractivity contribution in [3.63, 3.8) is 0 Å². The highest BCUT2D eigenvalue weighted by atomic mass is 35.5. The van der Waals surface area contributed by atoms with E-state index in [-0.39, 0.29) is 12.2 Å². The van der Waals surface area contributed by atoms with Gasteiger partial charge in [0.25, 0.3) is 5.91 Å². The molecule has 35 heavy (non-hydrogen) atoms. The van der Waals surface area contributed by atoms with Gasteiger partial charge in [-0.2, -0.15) is 5.10 Å². The SMILES string of the molecule is COc1cc(C(=O)Oc2ccc(/C=N\NC(=O)COc3ccc(Cl)cc3)cc2)cc(OC)c1OC. The summed E-state index contributed by atoms with van der Waals surface area (Å²) in [6.07, 6.45) is 1.45. The van der Waals surface area contributed by atoms with E-state index in [1.54, 1.807) is 48.5 Å². The first-order valence-corrected chi connectivity index (χ1v) is 10.6. The molecule has 3 aromatic rings. The quantitative estimate of drug-likeness (QED) is 0.194. The lowest BCUT2D eigenvalue weighted by Gasteiger charge is -2.13. The number of nitrogens with one attached hydrogen (secondary N) is 1. The molecule has 0 unspecified atom stereocenters. The van der Waals surface area contributed by atoms with Crippen LogP contribution in [-0.2, 0) is 4.79 Å². The molecule has 0 fully saturated rings. The van der Waals surface area contributed by atoms with Crippen LogP contribution in [0, 0.1) is 0 Å². The average molecular weight is 499 g/mol. The van der Waals surface area contributed by atoms with E-state index in [1.807, 2.05) is 0 Å². The van der Waals surface area contributed by atoms with Crippen LogP contribution in [-0.4, -0.2) is 46.0 Å². The van der Waals surface area contributed by atoms with Crippen molar-refractivity contribution >= 4 is 29.7 Å².